The Morgan fingerprint density at radius 3 is 2.12 bits per heavy atom. The molecule has 0 heterocycles. The van der Waals surface area contributed by atoms with Crippen molar-refractivity contribution in [2.24, 2.45) is 0 Å². The molecule has 0 spiro atoms. The molecule has 0 bridgehead atoms. The second-order valence-corrected chi connectivity index (χ2v) is 6.82. The summed E-state index contributed by atoms with van der Waals surface area (Å²) >= 11 is 0. The van der Waals surface area contributed by atoms with Crippen LogP contribution in [0.25, 0.3) is 0 Å². The number of nitrogens with one attached hydrogen (secondary N) is 2. The maximum atomic E-state index is 12.3. The quantitative estimate of drug-likeness (QED) is 0.878. The van der Waals surface area contributed by atoms with Crippen molar-refractivity contribution in [3.63, 3.8) is 0 Å². The SMILES string of the molecule is COc1ccc(CNC(=O)c2cccc(C(=O)NC(C)(C)C)c2)cc1. The molecule has 0 saturated heterocycles. The van der Waals surface area contributed by atoms with Gasteiger partial charge in [0.05, 0.1) is 7.11 Å². The second kappa shape index (κ2) is 7.83. The molecule has 0 aliphatic carbocycles. The summed E-state index contributed by atoms with van der Waals surface area (Å²) in [6.45, 7) is 6.14. The number of ether oxygens (including phenoxy) is 1. The first-order valence-corrected chi connectivity index (χ1v) is 8.12. The highest BCUT2D eigenvalue weighted by Crippen LogP contribution is 2.12. The fourth-order valence-corrected chi connectivity index (χ4v) is 2.24. The zero-order valence-corrected chi connectivity index (χ0v) is 15.1. The van der Waals surface area contributed by atoms with Gasteiger partial charge in [-0.3, -0.25) is 9.59 Å². The van der Waals surface area contributed by atoms with Gasteiger partial charge >= 0.3 is 0 Å². The first-order chi connectivity index (χ1) is 11.8. The Morgan fingerprint density at radius 2 is 1.56 bits per heavy atom. The van der Waals surface area contributed by atoms with Crippen molar-refractivity contribution in [2.75, 3.05) is 7.11 Å². The van der Waals surface area contributed by atoms with Crippen LogP contribution in [0, 0.1) is 0 Å². The van der Waals surface area contributed by atoms with Crippen LogP contribution < -0.4 is 15.4 Å². The summed E-state index contributed by atoms with van der Waals surface area (Å²) in [5.74, 6) is 0.353. The molecule has 2 rings (SSSR count). The average Bonchev–Trinajstić information content (AvgIpc) is 2.58. The third-order valence-electron chi connectivity index (χ3n) is 3.49. The Morgan fingerprint density at radius 1 is 0.960 bits per heavy atom. The van der Waals surface area contributed by atoms with Crippen LogP contribution in [0.2, 0.25) is 0 Å². The van der Waals surface area contributed by atoms with Crippen LogP contribution in [0.4, 0.5) is 0 Å². The number of amides is 2. The van der Waals surface area contributed by atoms with Gasteiger partial charge in [0.1, 0.15) is 5.75 Å². The van der Waals surface area contributed by atoms with Crippen LogP contribution in [0.1, 0.15) is 47.1 Å². The van der Waals surface area contributed by atoms with Gasteiger partial charge in [-0.1, -0.05) is 18.2 Å². The molecule has 5 nitrogen and oxygen atoms in total. The van der Waals surface area contributed by atoms with Gasteiger partial charge in [-0.25, -0.2) is 0 Å². The zero-order chi connectivity index (χ0) is 18.4. The highest BCUT2D eigenvalue weighted by molar-refractivity contribution is 5.99. The van der Waals surface area contributed by atoms with Crippen molar-refractivity contribution in [1.29, 1.82) is 0 Å². The van der Waals surface area contributed by atoms with Crippen molar-refractivity contribution in [3.8, 4) is 5.75 Å². The maximum absolute atomic E-state index is 12.3. The van der Waals surface area contributed by atoms with Gasteiger partial charge in [0.25, 0.3) is 11.8 Å². The van der Waals surface area contributed by atoms with E-state index < -0.39 is 0 Å². The largest absolute Gasteiger partial charge is 0.497 e. The van der Waals surface area contributed by atoms with Gasteiger partial charge in [0, 0.05) is 23.2 Å². The molecule has 2 N–H and O–H groups in total. The summed E-state index contributed by atoms with van der Waals surface area (Å²) in [6, 6.07) is 14.2. The number of hydrogen-bond donors (Lipinski definition) is 2. The number of benzene rings is 2. The van der Waals surface area contributed by atoms with E-state index in [2.05, 4.69) is 10.6 Å². The van der Waals surface area contributed by atoms with Crippen molar-refractivity contribution in [2.45, 2.75) is 32.9 Å². The third-order valence-corrected chi connectivity index (χ3v) is 3.49. The van der Waals surface area contributed by atoms with Gasteiger partial charge in [-0.2, -0.15) is 0 Å². The molecule has 0 aliphatic rings. The predicted octanol–water partition coefficient (Wildman–Crippen LogP) is 3.15. The molecule has 0 radical (unpaired) electrons. The van der Waals surface area contributed by atoms with E-state index in [1.807, 2.05) is 45.0 Å². The van der Waals surface area contributed by atoms with Gasteiger partial charge < -0.3 is 15.4 Å². The highest BCUT2D eigenvalue weighted by Gasteiger charge is 2.16. The summed E-state index contributed by atoms with van der Waals surface area (Å²) in [6.07, 6.45) is 0. The van der Waals surface area contributed by atoms with Crippen molar-refractivity contribution in [3.05, 3.63) is 65.2 Å². The van der Waals surface area contributed by atoms with Crippen molar-refractivity contribution < 1.29 is 14.3 Å². The Kier molecular flexibility index (Phi) is 5.80. The van der Waals surface area contributed by atoms with E-state index in [0.29, 0.717) is 17.7 Å². The molecule has 2 aromatic carbocycles. The summed E-state index contributed by atoms with van der Waals surface area (Å²) in [4.78, 5) is 24.6. The van der Waals surface area contributed by atoms with Crippen LogP contribution in [0.3, 0.4) is 0 Å². The minimum Gasteiger partial charge on any atom is -0.497 e. The van der Waals surface area contributed by atoms with E-state index in [9.17, 15) is 9.59 Å². The van der Waals surface area contributed by atoms with Gasteiger partial charge in [0.2, 0.25) is 0 Å². The number of carbonyl (C=O) groups is 2. The fraction of sp³-hybridized carbons (Fsp3) is 0.300. The van der Waals surface area contributed by atoms with Crippen LogP contribution >= 0.6 is 0 Å². The molecular formula is C20H24N2O3. The van der Waals surface area contributed by atoms with Gasteiger partial charge in [0.15, 0.2) is 0 Å². The van der Waals surface area contributed by atoms with E-state index in [-0.39, 0.29) is 17.4 Å². The monoisotopic (exact) mass is 340 g/mol. The lowest BCUT2D eigenvalue weighted by Gasteiger charge is -2.20. The lowest BCUT2D eigenvalue weighted by Crippen LogP contribution is -2.40. The lowest BCUT2D eigenvalue weighted by atomic mass is 10.1. The molecule has 5 heteroatoms. The lowest BCUT2D eigenvalue weighted by molar-refractivity contribution is 0.0919. The minimum absolute atomic E-state index is 0.197. The smallest absolute Gasteiger partial charge is 0.251 e. The molecule has 2 amide bonds. The molecule has 0 aliphatic heterocycles. The molecule has 0 atom stereocenters. The van der Waals surface area contributed by atoms with Crippen molar-refractivity contribution in [1.82, 2.24) is 10.6 Å². The van der Waals surface area contributed by atoms with Crippen LogP contribution in [0.15, 0.2) is 48.5 Å². The number of rotatable bonds is 5. The van der Waals surface area contributed by atoms with Crippen LogP contribution in [-0.2, 0) is 6.54 Å². The molecule has 132 valence electrons. The van der Waals surface area contributed by atoms with Gasteiger partial charge in [-0.15, -0.1) is 0 Å². The summed E-state index contributed by atoms with van der Waals surface area (Å²) in [7, 11) is 1.61. The standard InChI is InChI=1S/C20H24N2O3/c1-20(2,3)22-19(24)16-7-5-6-15(12-16)18(23)21-13-14-8-10-17(25-4)11-9-14/h5-12H,13H2,1-4H3,(H,21,23)(H,22,24). The minimum atomic E-state index is -0.330. The number of hydrogen-bond acceptors (Lipinski definition) is 3. The Bertz CT molecular complexity index is 746. The summed E-state index contributed by atoms with van der Waals surface area (Å²) < 4.78 is 5.11. The third kappa shape index (κ3) is 5.64. The molecule has 25 heavy (non-hydrogen) atoms. The van der Waals surface area contributed by atoms with E-state index >= 15 is 0 Å². The molecule has 0 unspecified atom stereocenters. The summed E-state index contributed by atoms with van der Waals surface area (Å²) in [5, 5.41) is 5.74. The highest BCUT2D eigenvalue weighted by atomic mass is 16.5. The normalized spacial score (nSPS) is 10.9. The van der Waals surface area contributed by atoms with Crippen LogP contribution in [0.5, 0.6) is 5.75 Å². The molecule has 0 saturated carbocycles. The Balaban J connectivity index is 2.01. The van der Waals surface area contributed by atoms with Crippen molar-refractivity contribution >= 4 is 11.8 Å². The van der Waals surface area contributed by atoms with Gasteiger partial charge in [-0.05, 0) is 56.7 Å². The zero-order valence-electron chi connectivity index (χ0n) is 15.1. The fourth-order valence-electron chi connectivity index (χ4n) is 2.24. The molecular weight excluding hydrogens is 316 g/mol. The molecule has 2 aromatic rings. The number of carbonyl (C=O) groups excluding carboxylic acids is 2. The van der Waals surface area contributed by atoms with E-state index in [0.717, 1.165) is 11.3 Å². The van der Waals surface area contributed by atoms with E-state index in [1.165, 1.54) is 0 Å². The summed E-state index contributed by atoms with van der Waals surface area (Å²) in [5.41, 5.74) is 1.56. The number of methoxy groups -OCH3 is 1. The van der Waals surface area contributed by atoms with E-state index in [1.54, 1.807) is 31.4 Å². The first kappa shape index (κ1) is 18.5. The van der Waals surface area contributed by atoms with Crippen LogP contribution in [-0.4, -0.2) is 24.5 Å². The van der Waals surface area contributed by atoms with E-state index in [4.69, 9.17) is 4.74 Å². The average molecular weight is 340 g/mol. The Labute approximate surface area is 148 Å². The predicted molar refractivity (Wildman–Crippen MR) is 97.8 cm³/mol. The second-order valence-electron chi connectivity index (χ2n) is 6.82. The Hall–Kier alpha value is -2.82. The molecule has 0 aromatic heterocycles. The maximum Gasteiger partial charge on any atom is 0.251 e. The molecule has 0 fully saturated rings. The topological polar surface area (TPSA) is 67.4 Å². The first-order valence-electron chi connectivity index (χ1n) is 8.12.